The summed E-state index contributed by atoms with van der Waals surface area (Å²) in [5, 5.41) is 3.90. The molecule has 0 aliphatic carbocycles. The van der Waals surface area contributed by atoms with E-state index in [4.69, 9.17) is 17.3 Å². The van der Waals surface area contributed by atoms with Gasteiger partial charge in [0.25, 0.3) is 0 Å². The van der Waals surface area contributed by atoms with Gasteiger partial charge in [0.05, 0.1) is 5.69 Å². The average molecular weight is 375 g/mol. The first-order valence-corrected chi connectivity index (χ1v) is 9.74. The molecule has 0 atom stereocenters. The van der Waals surface area contributed by atoms with Gasteiger partial charge in [0.1, 0.15) is 0 Å². The van der Waals surface area contributed by atoms with E-state index in [1.165, 1.54) is 21.7 Å². The summed E-state index contributed by atoms with van der Waals surface area (Å²) in [7, 11) is 1.69. The van der Waals surface area contributed by atoms with E-state index < -0.39 is 0 Å². The van der Waals surface area contributed by atoms with Crippen molar-refractivity contribution in [3.05, 3.63) is 58.6 Å². The van der Waals surface area contributed by atoms with Crippen molar-refractivity contribution in [1.82, 2.24) is 5.32 Å². The maximum atomic E-state index is 6.28. The van der Waals surface area contributed by atoms with Crippen molar-refractivity contribution < 1.29 is 0 Å². The highest BCUT2D eigenvalue weighted by molar-refractivity contribution is 7.98. The molecular formula is C19H23ClN4S. The molecule has 25 heavy (non-hydrogen) atoms. The molecule has 0 amide bonds. The van der Waals surface area contributed by atoms with Crippen LogP contribution in [0, 0.1) is 0 Å². The lowest BCUT2D eigenvalue weighted by molar-refractivity contribution is 0.701. The maximum absolute atomic E-state index is 6.28. The fourth-order valence-electron chi connectivity index (χ4n) is 2.92. The molecule has 2 aromatic carbocycles. The van der Waals surface area contributed by atoms with Gasteiger partial charge in [0.2, 0.25) is 0 Å². The number of hydrogen-bond donors (Lipinski definition) is 2. The van der Waals surface area contributed by atoms with E-state index in [0.29, 0.717) is 5.96 Å². The van der Waals surface area contributed by atoms with Gasteiger partial charge >= 0.3 is 0 Å². The van der Waals surface area contributed by atoms with Crippen LogP contribution in [0.5, 0.6) is 0 Å². The number of thioether (sulfide) groups is 1. The van der Waals surface area contributed by atoms with Crippen molar-refractivity contribution in [3.8, 4) is 0 Å². The summed E-state index contributed by atoms with van der Waals surface area (Å²) < 4.78 is 0. The van der Waals surface area contributed by atoms with E-state index in [9.17, 15) is 0 Å². The van der Waals surface area contributed by atoms with E-state index in [-0.39, 0.29) is 0 Å². The van der Waals surface area contributed by atoms with E-state index in [1.54, 1.807) is 7.05 Å². The number of rotatable bonds is 4. The Labute approximate surface area is 158 Å². The molecule has 0 unspecified atom stereocenters. The van der Waals surface area contributed by atoms with E-state index >= 15 is 0 Å². The van der Waals surface area contributed by atoms with Crippen LogP contribution in [0.1, 0.15) is 17.5 Å². The molecule has 0 saturated heterocycles. The van der Waals surface area contributed by atoms with E-state index in [2.05, 4.69) is 51.6 Å². The number of hydrogen-bond acceptors (Lipinski definition) is 3. The first kappa shape index (κ1) is 18.0. The summed E-state index contributed by atoms with van der Waals surface area (Å²) in [5.74, 6) is 1.47. The second-order valence-electron chi connectivity index (χ2n) is 5.98. The van der Waals surface area contributed by atoms with Crippen molar-refractivity contribution in [3.63, 3.8) is 0 Å². The van der Waals surface area contributed by atoms with Crippen LogP contribution < -0.4 is 16.0 Å². The fraction of sp³-hybridized carbons (Fsp3) is 0.316. The number of anilines is 1. The highest BCUT2D eigenvalue weighted by Gasteiger charge is 2.18. The molecule has 132 valence electrons. The largest absolute Gasteiger partial charge is 0.370 e. The Morgan fingerprint density at radius 3 is 2.88 bits per heavy atom. The molecule has 1 aliphatic rings. The Balaban J connectivity index is 1.81. The topological polar surface area (TPSA) is 53.6 Å². The summed E-state index contributed by atoms with van der Waals surface area (Å²) >= 11 is 8.15. The smallest absolute Gasteiger partial charge is 0.188 e. The van der Waals surface area contributed by atoms with Gasteiger partial charge in [0.15, 0.2) is 5.96 Å². The van der Waals surface area contributed by atoms with Crippen molar-refractivity contribution >= 4 is 35.0 Å². The summed E-state index contributed by atoms with van der Waals surface area (Å²) in [6, 6.07) is 14.8. The number of aliphatic imine (C=N–C) groups is 1. The SMILES string of the molecule is CN=C(N)NCCCN1Cc2ccccc2CSc2ccc(Cl)cc21. The Kier molecular flexibility index (Phi) is 6.10. The maximum Gasteiger partial charge on any atom is 0.188 e. The van der Waals surface area contributed by atoms with Crippen molar-refractivity contribution in [2.75, 3.05) is 25.0 Å². The molecule has 4 nitrogen and oxygen atoms in total. The highest BCUT2D eigenvalue weighted by Crippen LogP contribution is 2.38. The standard InChI is InChI=1S/C19H23ClN4S/c1-22-19(21)23-9-4-10-24-12-14-5-2-3-6-15(14)13-25-18-8-7-16(20)11-17(18)24/h2-3,5-8,11H,4,9-10,12-13H2,1H3,(H3,21,22,23). The quantitative estimate of drug-likeness (QED) is 0.484. The summed E-state index contributed by atoms with van der Waals surface area (Å²) in [6.07, 6.45) is 0.967. The lowest BCUT2D eigenvalue weighted by Gasteiger charge is -2.30. The zero-order chi connectivity index (χ0) is 17.6. The molecule has 0 aromatic heterocycles. The van der Waals surface area contributed by atoms with E-state index in [1.807, 2.05) is 17.8 Å². The van der Waals surface area contributed by atoms with E-state index in [0.717, 1.165) is 36.8 Å². The van der Waals surface area contributed by atoms with Gasteiger partial charge in [-0.05, 0) is 35.7 Å². The van der Waals surface area contributed by atoms with Gasteiger partial charge in [-0.1, -0.05) is 35.9 Å². The van der Waals surface area contributed by atoms with Gasteiger partial charge in [-0.2, -0.15) is 0 Å². The minimum atomic E-state index is 0.483. The molecule has 1 aliphatic heterocycles. The molecule has 6 heteroatoms. The number of guanidine groups is 1. The number of nitrogens with two attached hydrogens (primary N) is 1. The van der Waals surface area contributed by atoms with Crippen LogP contribution in [-0.4, -0.2) is 26.1 Å². The van der Waals surface area contributed by atoms with Crippen LogP contribution in [0.25, 0.3) is 0 Å². The van der Waals surface area contributed by atoms with Crippen LogP contribution in [0.3, 0.4) is 0 Å². The molecule has 0 saturated carbocycles. The van der Waals surface area contributed by atoms with Gasteiger partial charge in [-0.25, -0.2) is 0 Å². The highest BCUT2D eigenvalue weighted by atomic mass is 35.5. The molecule has 0 radical (unpaired) electrons. The molecule has 2 aromatic rings. The van der Waals surface area contributed by atoms with Gasteiger partial charge in [-0.3, -0.25) is 4.99 Å². The Morgan fingerprint density at radius 2 is 2.08 bits per heavy atom. The first-order valence-electron chi connectivity index (χ1n) is 8.37. The van der Waals surface area contributed by atoms with Gasteiger partial charge < -0.3 is 16.0 Å². The average Bonchev–Trinajstić information content (AvgIpc) is 2.62. The predicted molar refractivity (Wildman–Crippen MR) is 109 cm³/mol. The minimum Gasteiger partial charge on any atom is -0.370 e. The number of nitrogens with one attached hydrogen (secondary N) is 1. The molecule has 3 N–H and O–H groups in total. The first-order chi connectivity index (χ1) is 12.2. The fourth-order valence-corrected chi connectivity index (χ4v) is 4.18. The monoisotopic (exact) mass is 374 g/mol. The molecule has 1 heterocycles. The van der Waals surface area contributed by atoms with Crippen LogP contribution in [0.15, 0.2) is 52.4 Å². The van der Waals surface area contributed by atoms with Crippen LogP contribution >= 0.6 is 23.4 Å². The van der Waals surface area contributed by atoms with Crippen molar-refractivity contribution in [1.29, 1.82) is 0 Å². The third kappa shape index (κ3) is 4.61. The van der Waals surface area contributed by atoms with Crippen LogP contribution in [-0.2, 0) is 12.3 Å². The Hall–Kier alpha value is -1.85. The second-order valence-corrected chi connectivity index (χ2v) is 7.43. The number of halogens is 1. The second kappa shape index (κ2) is 8.50. The van der Waals surface area contributed by atoms with Gasteiger partial charge in [-0.15, -0.1) is 11.8 Å². The minimum absolute atomic E-state index is 0.483. The molecule has 0 bridgehead atoms. The van der Waals surface area contributed by atoms with Crippen molar-refractivity contribution in [2.24, 2.45) is 10.7 Å². The van der Waals surface area contributed by atoms with Gasteiger partial charge in [0, 0.05) is 42.4 Å². The summed E-state index contributed by atoms with van der Waals surface area (Å²) in [5.41, 5.74) is 9.69. The summed E-state index contributed by atoms with van der Waals surface area (Å²) in [4.78, 5) is 7.62. The molecule has 0 fully saturated rings. The Morgan fingerprint density at radius 1 is 1.28 bits per heavy atom. The number of benzene rings is 2. The molecular weight excluding hydrogens is 352 g/mol. The number of nitrogens with zero attached hydrogens (tertiary/aromatic N) is 2. The van der Waals surface area contributed by atoms with Crippen LogP contribution in [0.4, 0.5) is 5.69 Å². The van der Waals surface area contributed by atoms with Crippen LogP contribution in [0.2, 0.25) is 5.02 Å². The normalized spacial score (nSPS) is 14.3. The zero-order valence-electron chi connectivity index (χ0n) is 14.3. The van der Waals surface area contributed by atoms with Crippen molar-refractivity contribution in [2.45, 2.75) is 23.6 Å². The summed E-state index contributed by atoms with van der Waals surface area (Å²) in [6.45, 7) is 2.61. The molecule has 3 rings (SSSR count). The lowest BCUT2D eigenvalue weighted by Crippen LogP contribution is -2.34. The third-order valence-corrected chi connectivity index (χ3v) is 5.62. The lowest BCUT2D eigenvalue weighted by atomic mass is 10.1. The Bertz CT molecular complexity index is 763. The predicted octanol–water partition coefficient (Wildman–Crippen LogP) is 3.88. The number of fused-ring (bicyclic) bond motifs is 2. The third-order valence-electron chi connectivity index (χ3n) is 4.28. The zero-order valence-corrected chi connectivity index (χ0v) is 15.9. The molecule has 0 spiro atoms.